The topological polar surface area (TPSA) is 129 Å². The predicted octanol–water partition coefficient (Wildman–Crippen LogP) is 9.48. The molecular weight excluding hydrogens is 682 g/mol. The Morgan fingerprint density at radius 3 is 2.02 bits per heavy atom. The van der Waals surface area contributed by atoms with Crippen LogP contribution in [0, 0.1) is 5.41 Å². The number of benzene rings is 4. The molecule has 9 nitrogen and oxygen atoms in total. The minimum absolute atomic E-state index is 0.100. The summed E-state index contributed by atoms with van der Waals surface area (Å²) in [6, 6.07) is 25.0. The second-order valence-electron chi connectivity index (χ2n) is 11.6. The summed E-state index contributed by atoms with van der Waals surface area (Å²) in [6.45, 7) is 6.08. The molecule has 0 fully saturated rings. The van der Waals surface area contributed by atoms with Crippen LogP contribution in [0.25, 0.3) is 28.3 Å². The summed E-state index contributed by atoms with van der Waals surface area (Å²) < 4.78 is 20.4. The number of ether oxygens (including phenoxy) is 4. The highest BCUT2D eigenvalue weighted by atomic mass is 35.5. The Bertz CT molecular complexity index is 1900. The van der Waals surface area contributed by atoms with Gasteiger partial charge < -0.3 is 24.4 Å². The first-order valence-corrected chi connectivity index (χ1v) is 17.2. The zero-order chi connectivity index (χ0) is 37.3. The zero-order valence-electron chi connectivity index (χ0n) is 28.9. The van der Waals surface area contributed by atoms with Crippen LogP contribution < -0.4 is 4.74 Å². The lowest BCUT2D eigenvalue weighted by Gasteiger charge is -2.13. The van der Waals surface area contributed by atoms with Gasteiger partial charge in [0.2, 0.25) is 0 Å². The molecule has 0 aliphatic rings. The molecule has 0 aromatic heterocycles. The molecule has 0 saturated heterocycles. The number of rotatable bonds is 18. The summed E-state index contributed by atoms with van der Waals surface area (Å²) in [5.74, 6) is -0.695. The Hall–Kier alpha value is -5.80. The van der Waals surface area contributed by atoms with E-state index in [4.69, 9.17) is 36.0 Å². The number of unbranched alkanes of at least 4 members (excludes halogenated alkanes) is 2. The minimum Gasteiger partial charge on any atom is -0.463 e. The Kier molecular flexibility index (Phi) is 15.1. The van der Waals surface area contributed by atoms with Crippen molar-refractivity contribution in [2.45, 2.75) is 39.0 Å². The molecule has 0 bridgehead atoms. The van der Waals surface area contributed by atoms with Gasteiger partial charge in [-0.05, 0) is 77.4 Å². The normalized spacial score (nSPS) is 10.7. The Labute approximate surface area is 308 Å². The van der Waals surface area contributed by atoms with Gasteiger partial charge in [-0.15, -0.1) is 0 Å². The van der Waals surface area contributed by atoms with Gasteiger partial charge in [0.25, 0.3) is 0 Å². The molecule has 0 heterocycles. The molecule has 10 heteroatoms. The van der Waals surface area contributed by atoms with Crippen LogP contribution in [-0.4, -0.2) is 49.9 Å². The highest BCUT2D eigenvalue weighted by molar-refractivity contribution is 6.36. The van der Waals surface area contributed by atoms with Crippen LogP contribution in [0.3, 0.4) is 0 Å². The summed E-state index contributed by atoms with van der Waals surface area (Å²) in [6.07, 6.45) is 7.80. The molecule has 0 aliphatic carbocycles. The molecule has 4 aromatic carbocycles. The van der Waals surface area contributed by atoms with Crippen molar-refractivity contribution in [2.75, 3.05) is 19.8 Å². The van der Waals surface area contributed by atoms with E-state index < -0.39 is 18.1 Å². The molecule has 52 heavy (non-hydrogen) atoms. The molecule has 0 saturated carbocycles. The van der Waals surface area contributed by atoms with E-state index in [-0.39, 0.29) is 25.4 Å². The van der Waals surface area contributed by atoms with Crippen LogP contribution in [0.2, 0.25) is 5.02 Å². The Morgan fingerprint density at radius 1 is 0.750 bits per heavy atom. The molecule has 0 radical (unpaired) electrons. The lowest BCUT2D eigenvalue weighted by molar-refractivity contribution is -0.137. The number of hydrogen-bond acceptors (Lipinski definition) is 9. The van der Waals surface area contributed by atoms with E-state index in [1.165, 1.54) is 12.3 Å². The maximum atomic E-state index is 12.7. The fourth-order valence-electron chi connectivity index (χ4n) is 5.00. The van der Waals surface area contributed by atoms with E-state index in [2.05, 4.69) is 6.58 Å². The molecule has 4 aromatic rings. The third kappa shape index (κ3) is 11.6. The summed E-state index contributed by atoms with van der Waals surface area (Å²) >= 11 is 6.80. The van der Waals surface area contributed by atoms with Gasteiger partial charge in [-0.25, -0.2) is 14.4 Å². The quantitative estimate of drug-likeness (QED) is 0.0269. The van der Waals surface area contributed by atoms with Crippen molar-refractivity contribution in [2.24, 2.45) is 0 Å². The molecule has 268 valence electrons. The van der Waals surface area contributed by atoms with E-state index in [0.29, 0.717) is 41.3 Å². The van der Waals surface area contributed by atoms with E-state index >= 15 is 0 Å². The van der Waals surface area contributed by atoms with Gasteiger partial charge in [-0.2, -0.15) is 0 Å². The molecule has 4 rings (SSSR count). The van der Waals surface area contributed by atoms with Crippen molar-refractivity contribution >= 4 is 47.8 Å². The van der Waals surface area contributed by atoms with Gasteiger partial charge in [-0.1, -0.05) is 98.3 Å². The first kappa shape index (κ1) is 39.0. The lowest BCUT2D eigenvalue weighted by Crippen LogP contribution is -2.11. The highest BCUT2D eigenvalue weighted by Crippen LogP contribution is 2.37. The Balaban J connectivity index is 1.30. The van der Waals surface area contributed by atoms with Crippen molar-refractivity contribution < 1.29 is 38.1 Å². The maximum Gasteiger partial charge on any atom is 0.513 e. The highest BCUT2D eigenvalue weighted by Gasteiger charge is 2.14. The molecule has 0 atom stereocenters. The summed E-state index contributed by atoms with van der Waals surface area (Å²) in [5, 5.41) is 8.51. The molecule has 0 amide bonds. The van der Waals surface area contributed by atoms with E-state index in [1.807, 2.05) is 43.3 Å². The number of nitrogens with one attached hydrogen (secondary N) is 1. The van der Waals surface area contributed by atoms with Crippen LogP contribution in [-0.2, 0) is 30.2 Å². The van der Waals surface area contributed by atoms with Crippen molar-refractivity contribution in [3.8, 4) is 28.0 Å². The van der Waals surface area contributed by atoms with E-state index in [9.17, 15) is 19.2 Å². The van der Waals surface area contributed by atoms with Gasteiger partial charge in [0, 0.05) is 29.8 Å². The number of halogens is 1. The van der Waals surface area contributed by atoms with Gasteiger partial charge >= 0.3 is 18.1 Å². The fourth-order valence-corrected chi connectivity index (χ4v) is 5.33. The molecule has 0 unspecified atom stereocenters. The number of hydrogen-bond donors (Lipinski definition) is 1. The number of carbonyl (C=O) groups excluding carboxylic acids is 4. The maximum absolute atomic E-state index is 12.7. The van der Waals surface area contributed by atoms with Crippen molar-refractivity contribution in [3.63, 3.8) is 0 Å². The molecule has 0 aliphatic heterocycles. The van der Waals surface area contributed by atoms with Gasteiger partial charge in [0.05, 0.1) is 30.4 Å². The van der Waals surface area contributed by atoms with Gasteiger partial charge in [0.15, 0.2) is 5.78 Å². The lowest BCUT2D eigenvalue weighted by atomic mass is 9.94. The number of esters is 2. The largest absolute Gasteiger partial charge is 0.513 e. The van der Waals surface area contributed by atoms with Crippen LogP contribution in [0.4, 0.5) is 4.79 Å². The van der Waals surface area contributed by atoms with Crippen molar-refractivity contribution in [3.05, 3.63) is 131 Å². The molecular formula is C42H40ClNO8. The predicted molar refractivity (Wildman–Crippen MR) is 202 cm³/mol. The fraction of sp³-hybridized carbons (Fsp3) is 0.214. The number of ketones is 1. The van der Waals surface area contributed by atoms with E-state index in [0.717, 1.165) is 52.3 Å². The van der Waals surface area contributed by atoms with Crippen LogP contribution in [0.5, 0.6) is 5.75 Å². The minimum atomic E-state index is -0.747. The third-order valence-corrected chi connectivity index (χ3v) is 8.25. The first-order chi connectivity index (χ1) is 25.2. The average Bonchev–Trinajstić information content (AvgIpc) is 3.16. The van der Waals surface area contributed by atoms with Crippen molar-refractivity contribution in [1.29, 1.82) is 5.41 Å². The second-order valence-corrected chi connectivity index (χ2v) is 12.0. The zero-order valence-corrected chi connectivity index (χ0v) is 29.7. The van der Waals surface area contributed by atoms with Crippen molar-refractivity contribution in [1.82, 2.24) is 0 Å². The summed E-state index contributed by atoms with van der Waals surface area (Å²) in [4.78, 5) is 47.9. The second kappa shape index (κ2) is 20.1. The molecule has 0 spiro atoms. The van der Waals surface area contributed by atoms with Crippen LogP contribution in [0.1, 0.15) is 59.7 Å². The van der Waals surface area contributed by atoms with E-state index in [1.54, 1.807) is 54.6 Å². The number of carbonyl (C=O) groups is 4. The standard InChI is InChI=1S/C42H40ClNO8/c1-3-5-24-51-42(48)52-35-20-17-32(18-21-35)37-23-22-36(38(28-44)40(37)43)31-13-8-29(9-14-31)12-19-34(45)27-30-10-15-33(16-11-30)41(47)50-26-7-6-25-49-39(46)4-2/h4,8-23,28,44H,2-3,5-7,24-27H2,1H3/b19-12+,44-28?. The first-order valence-electron chi connectivity index (χ1n) is 16.9. The average molecular weight is 722 g/mol. The van der Waals surface area contributed by atoms with Gasteiger partial charge in [0.1, 0.15) is 5.75 Å². The summed E-state index contributed by atoms with van der Waals surface area (Å²) in [5.41, 5.74) is 5.68. The smallest absolute Gasteiger partial charge is 0.463 e. The van der Waals surface area contributed by atoms with Crippen LogP contribution in [0.15, 0.2) is 104 Å². The third-order valence-electron chi connectivity index (χ3n) is 7.84. The Morgan fingerprint density at radius 2 is 1.37 bits per heavy atom. The van der Waals surface area contributed by atoms with Crippen LogP contribution >= 0.6 is 11.6 Å². The molecule has 1 N–H and O–H groups in total. The monoisotopic (exact) mass is 721 g/mol. The number of allylic oxidation sites excluding steroid dienone is 1. The SMILES string of the molecule is C=CC(=O)OCCCCOC(=O)c1ccc(CC(=O)/C=C/c2ccc(-c3ccc(-c4ccc(OC(=O)OCCCC)cc4)c(Cl)c3C=N)cc2)cc1. The summed E-state index contributed by atoms with van der Waals surface area (Å²) in [7, 11) is 0. The van der Waals surface area contributed by atoms with Gasteiger partial charge in [-0.3, -0.25) is 4.79 Å².